The Bertz CT molecular complexity index is 515. The number of fused-ring (bicyclic) bond motifs is 1. The molecule has 0 saturated heterocycles. The highest BCUT2D eigenvalue weighted by atomic mass is 15.2. The summed E-state index contributed by atoms with van der Waals surface area (Å²) in [4.78, 5) is 13.5. The van der Waals surface area contributed by atoms with Crippen LogP contribution in [0.1, 0.15) is 25.0 Å². The van der Waals surface area contributed by atoms with E-state index in [1.54, 1.807) is 0 Å². The number of aryl methyl sites for hydroxylation is 3. The molecule has 2 rings (SSSR count). The maximum atomic E-state index is 4.54. The minimum absolute atomic E-state index is 0.817. The molecule has 0 aliphatic carbocycles. The van der Waals surface area contributed by atoms with E-state index >= 15 is 0 Å². The minimum Gasteiger partial charge on any atom is -0.371 e. The van der Waals surface area contributed by atoms with E-state index in [1.807, 2.05) is 25.6 Å². The zero-order valence-corrected chi connectivity index (χ0v) is 10.2. The number of imidazole rings is 1. The van der Waals surface area contributed by atoms with Crippen molar-refractivity contribution in [3.63, 3.8) is 0 Å². The molecule has 2 aromatic heterocycles. The van der Waals surface area contributed by atoms with E-state index in [4.69, 9.17) is 0 Å². The molecule has 0 unspecified atom stereocenters. The number of anilines is 1. The van der Waals surface area contributed by atoms with E-state index in [0.717, 1.165) is 41.5 Å². The van der Waals surface area contributed by atoms with Crippen molar-refractivity contribution in [1.82, 2.24) is 19.5 Å². The van der Waals surface area contributed by atoms with Crippen molar-refractivity contribution in [2.45, 2.75) is 26.7 Å². The number of aromatic nitrogens is 4. The Labute approximate surface area is 94.9 Å². The number of hydrogen-bond donors (Lipinski definition) is 1. The highest BCUT2D eigenvalue weighted by Gasteiger charge is 2.12. The first-order valence-corrected chi connectivity index (χ1v) is 5.55. The Hall–Kier alpha value is -1.65. The molecule has 16 heavy (non-hydrogen) atoms. The predicted molar refractivity (Wildman–Crippen MR) is 64.6 cm³/mol. The van der Waals surface area contributed by atoms with Crippen molar-refractivity contribution in [3.05, 3.63) is 11.6 Å². The Morgan fingerprint density at radius 1 is 1.25 bits per heavy atom. The number of rotatable bonds is 3. The Morgan fingerprint density at radius 3 is 2.62 bits per heavy atom. The molecule has 0 spiro atoms. The summed E-state index contributed by atoms with van der Waals surface area (Å²) in [6.45, 7) is 4.10. The molecule has 1 N–H and O–H groups in total. The highest BCUT2D eigenvalue weighted by Crippen LogP contribution is 2.20. The third kappa shape index (κ3) is 1.62. The van der Waals surface area contributed by atoms with Crippen LogP contribution in [0.2, 0.25) is 0 Å². The molecule has 0 amide bonds. The number of hydrogen-bond acceptors (Lipinski definition) is 4. The van der Waals surface area contributed by atoms with Gasteiger partial charge in [0, 0.05) is 20.5 Å². The minimum atomic E-state index is 0.817. The van der Waals surface area contributed by atoms with Crippen LogP contribution in [-0.2, 0) is 13.5 Å². The molecule has 0 saturated carbocycles. The second kappa shape index (κ2) is 4.08. The van der Waals surface area contributed by atoms with Crippen molar-refractivity contribution in [3.8, 4) is 0 Å². The van der Waals surface area contributed by atoms with Gasteiger partial charge in [-0.1, -0.05) is 6.92 Å². The molecule has 2 aromatic rings. The van der Waals surface area contributed by atoms with Gasteiger partial charge in [0.15, 0.2) is 17.0 Å². The van der Waals surface area contributed by atoms with Gasteiger partial charge in [0.05, 0.1) is 0 Å². The van der Waals surface area contributed by atoms with E-state index in [2.05, 4.69) is 27.2 Å². The van der Waals surface area contributed by atoms with Crippen LogP contribution in [0, 0.1) is 6.92 Å². The quantitative estimate of drug-likeness (QED) is 0.853. The average Bonchev–Trinajstić information content (AvgIpc) is 2.56. The largest absolute Gasteiger partial charge is 0.371 e. The predicted octanol–water partition coefficient (Wildman–Crippen LogP) is 1.67. The monoisotopic (exact) mass is 219 g/mol. The first-order valence-electron chi connectivity index (χ1n) is 5.55. The average molecular weight is 219 g/mol. The summed E-state index contributed by atoms with van der Waals surface area (Å²) in [7, 11) is 3.84. The Kier molecular flexibility index (Phi) is 2.77. The van der Waals surface area contributed by atoms with Gasteiger partial charge in [-0.15, -0.1) is 0 Å². The van der Waals surface area contributed by atoms with Crippen molar-refractivity contribution in [2.75, 3.05) is 12.4 Å². The fourth-order valence-corrected chi connectivity index (χ4v) is 1.72. The van der Waals surface area contributed by atoms with Crippen LogP contribution in [0.4, 0.5) is 5.82 Å². The maximum Gasteiger partial charge on any atom is 0.165 e. The van der Waals surface area contributed by atoms with Crippen molar-refractivity contribution >= 4 is 17.0 Å². The van der Waals surface area contributed by atoms with E-state index in [1.165, 1.54) is 0 Å². The lowest BCUT2D eigenvalue weighted by Gasteiger charge is -2.04. The van der Waals surface area contributed by atoms with Crippen LogP contribution in [0.3, 0.4) is 0 Å². The first kappa shape index (κ1) is 10.9. The van der Waals surface area contributed by atoms with Gasteiger partial charge in [-0.2, -0.15) is 0 Å². The van der Waals surface area contributed by atoms with E-state index in [0.29, 0.717) is 0 Å². The molecule has 5 heteroatoms. The van der Waals surface area contributed by atoms with Crippen LogP contribution >= 0.6 is 0 Å². The summed E-state index contributed by atoms with van der Waals surface area (Å²) in [6, 6.07) is 0. The van der Waals surface area contributed by atoms with Gasteiger partial charge < -0.3 is 9.88 Å². The first-order chi connectivity index (χ1) is 7.67. The summed E-state index contributed by atoms with van der Waals surface area (Å²) in [5.41, 5.74) is 1.75. The third-order valence-electron chi connectivity index (χ3n) is 2.70. The summed E-state index contributed by atoms with van der Waals surface area (Å²) in [5, 5.41) is 3.08. The van der Waals surface area contributed by atoms with E-state index < -0.39 is 0 Å². The molecule has 5 nitrogen and oxygen atoms in total. The molecular formula is C11H17N5. The van der Waals surface area contributed by atoms with Gasteiger partial charge in [-0.05, 0) is 13.3 Å². The van der Waals surface area contributed by atoms with Crippen LogP contribution in [0.5, 0.6) is 0 Å². The van der Waals surface area contributed by atoms with Crippen LogP contribution in [-0.4, -0.2) is 26.6 Å². The van der Waals surface area contributed by atoms with Gasteiger partial charge >= 0.3 is 0 Å². The standard InChI is InChI=1S/C11H17N5/c1-5-6-8-14-10(12-3)9-11(15-8)16(4)7(2)13-9/h5-6H2,1-4H3,(H,12,14,15). The molecule has 0 radical (unpaired) electrons. The molecular weight excluding hydrogens is 202 g/mol. The zero-order valence-electron chi connectivity index (χ0n) is 10.2. The summed E-state index contributed by atoms with van der Waals surface area (Å²) in [6.07, 6.45) is 1.94. The van der Waals surface area contributed by atoms with Crippen LogP contribution < -0.4 is 5.32 Å². The molecule has 0 aromatic carbocycles. The van der Waals surface area contributed by atoms with Gasteiger partial charge in [0.25, 0.3) is 0 Å². The molecule has 0 aliphatic heterocycles. The van der Waals surface area contributed by atoms with Gasteiger partial charge in [0.1, 0.15) is 11.6 Å². The molecule has 0 fully saturated rings. The lowest BCUT2D eigenvalue weighted by atomic mass is 10.3. The van der Waals surface area contributed by atoms with Gasteiger partial charge in [0.2, 0.25) is 0 Å². The molecule has 86 valence electrons. The smallest absolute Gasteiger partial charge is 0.165 e. The summed E-state index contributed by atoms with van der Waals surface area (Å²) < 4.78 is 2.00. The molecule has 0 bridgehead atoms. The van der Waals surface area contributed by atoms with Gasteiger partial charge in [-0.25, -0.2) is 15.0 Å². The van der Waals surface area contributed by atoms with Crippen LogP contribution in [0.25, 0.3) is 11.2 Å². The Morgan fingerprint density at radius 2 is 2.00 bits per heavy atom. The lowest BCUT2D eigenvalue weighted by molar-refractivity contribution is 0.825. The molecule has 0 aliphatic rings. The van der Waals surface area contributed by atoms with Crippen molar-refractivity contribution in [1.29, 1.82) is 0 Å². The normalized spacial score (nSPS) is 11.0. The second-order valence-electron chi connectivity index (χ2n) is 3.88. The maximum absolute atomic E-state index is 4.54. The Balaban J connectivity index is 2.68. The van der Waals surface area contributed by atoms with Crippen molar-refractivity contribution in [2.24, 2.45) is 7.05 Å². The molecule has 2 heterocycles. The number of nitrogens with zero attached hydrogens (tertiary/aromatic N) is 4. The fourth-order valence-electron chi connectivity index (χ4n) is 1.72. The van der Waals surface area contributed by atoms with Crippen LogP contribution in [0.15, 0.2) is 0 Å². The SMILES string of the molecule is CCCc1nc(NC)c2nc(C)n(C)c2n1. The second-order valence-corrected chi connectivity index (χ2v) is 3.88. The topological polar surface area (TPSA) is 55.6 Å². The van der Waals surface area contributed by atoms with E-state index in [-0.39, 0.29) is 0 Å². The lowest BCUT2D eigenvalue weighted by Crippen LogP contribution is -2.02. The fraction of sp³-hybridized carbons (Fsp3) is 0.545. The summed E-state index contributed by atoms with van der Waals surface area (Å²) >= 11 is 0. The van der Waals surface area contributed by atoms with Crippen molar-refractivity contribution < 1.29 is 0 Å². The number of nitrogens with one attached hydrogen (secondary N) is 1. The zero-order chi connectivity index (χ0) is 11.7. The third-order valence-corrected chi connectivity index (χ3v) is 2.70. The summed E-state index contributed by atoms with van der Waals surface area (Å²) in [5.74, 6) is 2.65. The van der Waals surface area contributed by atoms with E-state index in [9.17, 15) is 0 Å². The van der Waals surface area contributed by atoms with Gasteiger partial charge in [-0.3, -0.25) is 0 Å². The molecule has 0 atom stereocenters. The highest BCUT2D eigenvalue weighted by molar-refractivity contribution is 5.83.